The summed E-state index contributed by atoms with van der Waals surface area (Å²) in [5.74, 6) is 0.639. The molecule has 5 nitrogen and oxygen atoms in total. The zero-order valence-electron chi connectivity index (χ0n) is 10.3. The van der Waals surface area contributed by atoms with Crippen LogP contribution < -0.4 is 5.56 Å². The van der Waals surface area contributed by atoms with Crippen LogP contribution in [0.3, 0.4) is 0 Å². The van der Waals surface area contributed by atoms with Crippen LogP contribution in [0.2, 0.25) is 0 Å². The Balaban J connectivity index is 2.36. The molecule has 1 aliphatic rings. The maximum absolute atomic E-state index is 11.9. The number of aromatic nitrogens is 2. The molecule has 1 aliphatic heterocycles. The van der Waals surface area contributed by atoms with Gasteiger partial charge in [-0.25, -0.2) is 4.98 Å². The second-order valence-corrected chi connectivity index (χ2v) is 4.03. The lowest BCUT2D eigenvalue weighted by Gasteiger charge is -2.19. The Morgan fingerprint density at radius 1 is 1.53 bits per heavy atom. The van der Waals surface area contributed by atoms with E-state index in [0.717, 1.165) is 12.1 Å². The van der Waals surface area contributed by atoms with Gasteiger partial charge in [0.25, 0.3) is 5.56 Å². The molecule has 0 aromatic carbocycles. The van der Waals surface area contributed by atoms with Crippen LogP contribution in [-0.2, 0) is 22.5 Å². The Bertz CT molecular complexity index is 442. The quantitative estimate of drug-likeness (QED) is 0.859. The molecule has 94 valence electrons. The van der Waals surface area contributed by atoms with Gasteiger partial charge in [0, 0.05) is 13.0 Å². The maximum atomic E-state index is 11.9. The van der Waals surface area contributed by atoms with Crippen molar-refractivity contribution in [2.24, 2.45) is 0 Å². The molecular weight excluding hydrogens is 220 g/mol. The number of hydrogen-bond donors (Lipinski definition) is 1. The predicted octanol–water partition coefficient (Wildman–Crippen LogP) is 1.33. The van der Waals surface area contributed by atoms with E-state index in [1.165, 1.54) is 0 Å². The molecule has 0 amide bonds. The van der Waals surface area contributed by atoms with Gasteiger partial charge in [-0.1, -0.05) is 6.92 Å². The topological polar surface area (TPSA) is 64.2 Å². The maximum Gasteiger partial charge on any atom is 0.256 e. The zero-order chi connectivity index (χ0) is 12.3. The van der Waals surface area contributed by atoms with Crippen molar-refractivity contribution in [3.05, 3.63) is 27.4 Å². The summed E-state index contributed by atoms with van der Waals surface area (Å²) in [5, 5.41) is 0. The first kappa shape index (κ1) is 12.3. The number of aromatic amines is 1. The summed E-state index contributed by atoms with van der Waals surface area (Å²) in [6.07, 6.45) is 1.38. The van der Waals surface area contributed by atoms with E-state index in [9.17, 15) is 4.79 Å². The van der Waals surface area contributed by atoms with Crippen molar-refractivity contribution < 1.29 is 9.47 Å². The van der Waals surface area contributed by atoms with Gasteiger partial charge in [-0.2, -0.15) is 0 Å². The highest BCUT2D eigenvalue weighted by Gasteiger charge is 2.19. The standard InChI is InChI=1S/C12H18N2O3/c1-3-10(17-4-2)11-13-9-5-6-16-7-8(9)12(15)14-11/h10H,3-7H2,1-2H3,(H,13,14,15). The van der Waals surface area contributed by atoms with Crippen molar-refractivity contribution in [1.82, 2.24) is 9.97 Å². The van der Waals surface area contributed by atoms with Gasteiger partial charge in [0.2, 0.25) is 0 Å². The van der Waals surface area contributed by atoms with Crippen molar-refractivity contribution in [3.8, 4) is 0 Å². The van der Waals surface area contributed by atoms with Crippen LogP contribution in [0, 0.1) is 0 Å². The summed E-state index contributed by atoms with van der Waals surface area (Å²) in [7, 11) is 0. The van der Waals surface area contributed by atoms with Crippen LogP contribution in [0.1, 0.15) is 43.5 Å². The lowest BCUT2D eigenvalue weighted by molar-refractivity contribution is 0.0521. The van der Waals surface area contributed by atoms with Crippen molar-refractivity contribution in [2.75, 3.05) is 13.2 Å². The third-order valence-electron chi connectivity index (χ3n) is 2.89. The summed E-state index contributed by atoms with van der Waals surface area (Å²) in [6.45, 7) is 5.57. The summed E-state index contributed by atoms with van der Waals surface area (Å²) in [5.41, 5.74) is 1.42. The minimum absolute atomic E-state index is 0.0946. The molecule has 0 spiro atoms. The lowest BCUT2D eigenvalue weighted by atomic mass is 10.1. The summed E-state index contributed by atoms with van der Waals surface area (Å²) < 4.78 is 10.8. The van der Waals surface area contributed by atoms with E-state index in [1.54, 1.807) is 0 Å². The van der Waals surface area contributed by atoms with Crippen molar-refractivity contribution >= 4 is 0 Å². The van der Waals surface area contributed by atoms with E-state index >= 15 is 0 Å². The highest BCUT2D eigenvalue weighted by Crippen LogP contribution is 2.18. The lowest BCUT2D eigenvalue weighted by Crippen LogP contribution is -2.26. The monoisotopic (exact) mass is 238 g/mol. The molecule has 1 unspecified atom stereocenters. The van der Waals surface area contributed by atoms with Crippen LogP contribution in [-0.4, -0.2) is 23.2 Å². The molecule has 1 N–H and O–H groups in total. The summed E-state index contributed by atoms with van der Waals surface area (Å²) >= 11 is 0. The molecule has 0 aliphatic carbocycles. The molecule has 2 heterocycles. The summed E-state index contributed by atoms with van der Waals surface area (Å²) in [6, 6.07) is 0. The van der Waals surface area contributed by atoms with E-state index in [-0.39, 0.29) is 11.7 Å². The van der Waals surface area contributed by atoms with Gasteiger partial charge in [-0.15, -0.1) is 0 Å². The minimum atomic E-state index is -0.124. The summed E-state index contributed by atoms with van der Waals surface area (Å²) in [4.78, 5) is 19.2. The molecule has 1 aromatic heterocycles. The van der Waals surface area contributed by atoms with Gasteiger partial charge in [-0.05, 0) is 13.3 Å². The van der Waals surface area contributed by atoms with Crippen molar-refractivity contribution in [3.63, 3.8) is 0 Å². The first-order valence-electron chi connectivity index (χ1n) is 6.07. The third kappa shape index (κ3) is 2.56. The van der Waals surface area contributed by atoms with E-state index in [0.29, 0.717) is 37.6 Å². The smallest absolute Gasteiger partial charge is 0.256 e. The number of H-pyrrole nitrogens is 1. The van der Waals surface area contributed by atoms with Crippen LogP contribution in [0.25, 0.3) is 0 Å². The fourth-order valence-corrected chi connectivity index (χ4v) is 2.01. The molecule has 5 heteroatoms. The average molecular weight is 238 g/mol. The molecular formula is C12H18N2O3. The van der Waals surface area contributed by atoms with Gasteiger partial charge in [0.1, 0.15) is 11.9 Å². The van der Waals surface area contributed by atoms with E-state index < -0.39 is 0 Å². The van der Waals surface area contributed by atoms with Gasteiger partial charge in [0.15, 0.2) is 0 Å². The number of fused-ring (bicyclic) bond motifs is 1. The number of ether oxygens (including phenoxy) is 2. The normalized spacial score (nSPS) is 16.6. The largest absolute Gasteiger partial charge is 0.376 e. The molecule has 17 heavy (non-hydrogen) atoms. The van der Waals surface area contributed by atoms with Crippen molar-refractivity contribution in [2.45, 2.75) is 39.4 Å². The van der Waals surface area contributed by atoms with Crippen LogP contribution in [0.4, 0.5) is 0 Å². The van der Waals surface area contributed by atoms with Crippen LogP contribution in [0.5, 0.6) is 0 Å². The van der Waals surface area contributed by atoms with Crippen LogP contribution in [0.15, 0.2) is 4.79 Å². The molecule has 0 saturated carbocycles. The molecule has 0 radical (unpaired) electrons. The Kier molecular flexibility index (Phi) is 3.91. The van der Waals surface area contributed by atoms with Crippen LogP contribution >= 0.6 is 0 Å². The molecule has 2 rings (SSSR count). The number of rotatable bonds is 4. The van der Waals surface area contributed by atoms with Gasteiger partial charge in [-0.3, -0.25) is 4.79 Å². The van der Waals surface area contributed by atoms with Crippen molar-refractivity contribution in [1.29, 1.82) is 0 Å². The fraction of sp³-hybridized carbons (Fsp3) is 0.667. The highest BCUT2D eigenvalue weighted by atomic mass is 16.5. The van der Waals surface area contributed by atoms with Gasteiger partial charge < -0.3 is 14.5 Å². The minimum Gasteiger partial charge on any atom is -0.376 e. The molecule has 1 aromatic rings. The molecule has 0 fully saturated rings. The van der Waals surface area contributed by atoms with E-state index in [2.05, 4.69) is 9.97 Å². The highest BCUT2D eigenvalue weighted by molar-refractivity contribution is 5.19. The van der Waals surface area contributed by atoms with Gasteiger partial charge in [0.05, 0.1) is 24.5 Å². The van der Waals surface area contributed by atoms with Gasteiger partial charge >= 0.3 is 0 Å². The molecule has 0 bridgehead atoms. The van der Waals surface area contributed by atoms with E-state index in [4.69, 9.17) is 9.47 Å². The zero-order valence-corrected chi connectivity index (χ0v) is 10.3. The number of nitrogens with zero attached hydrogens (tertiary/aromatic N) is 1. The number of hydrogen-bond acceptors (Lipinski definition) is 4. The first-order valence-corrected chi connectivity index (χ1v) is 6.07. The second kappa shape index (κ2) is 5.42. The second-order valence-electron chi connectivity index (χ2n) is 4.03. The third-order valence-corrected chi connectivity index (χ3v) is 2.89. The molecule has 1 atom stereocenters. The average Bonchev–Trinajstić information content (AvgIpc) is 2.36. The SMILES string of the molecule is CCOC(CC)c1nc2c(c(=O)[nH]1)COCC2. The Hall–Kier alpha value is -1.20. The molecule has 0 saturated heterocycles. The fourth-order valence-electron chi connectivity index (χ4n) is 2.01. The Morgan fingerprint density at radius 2 is 2.35 bits per heavy atom. The first-order chi connectivity index (χ1) is 8.26. The Labute approximate surface area is 100 Å². The number of nitrogens with one attached hydrogen (secondary N) is 1. The van der Waals surface area contributed by atoms with E-state index in [1.807, 2.05) is 13.8 Å². The predicted molar refractivity (Wildman–Crippen MR) is 62.9 cm³/mol. The Morgan fingerprint density at radius 3 is 3.06 bits per heavy atom.